The Bertz CT molecular complexity index is 1510. The molecule has 14 heteroatoms. The van der Waals surface area contributed by atoms with Crippen LogP contribution in [0.5, 0.6) is 5.75 Å². The van der Waals surface area contributed by atoms with E-state index in [-0.39, 0.29) is 18.1 Å². The minimum Gasteiger partial charge on any atom is -0.494 e. The lowest BCUT2D eigenvalue weighted by molar-refractivity contribution is 0.0995. The van der Waals surface area contributed by atoms with E-state index in [0.717, 1.165) is 5.69 Å². The molecule has 0 saturated carbocycles. The second-order valence-corrected chi connectivity index (χ2v) is 8.80. The van der Waals surface area contributed by atoms with Gasteiger partial charge in [0, 0.05) is 50.2 Å². The quantitative estimate of drug-likeness (QED) is 0.223. The summed E-state index contributed by atoms with van der Waals surface area (Å²) in [7, 11) is 1.47. The van der Waals surface area contributed by atoms with Crippen LogP contribution in [-0.2, 0) is 24.2 Å². The van der Waals surface area contributed by atoms with Crippen LogP contribution in [0.2, 0.25) is 0 Å². The Hall–Kier alpha value is -5.01. The molecular formula is C26H31N9O5. The Balaban J connectivity index is 1.49. The Labute approximate surface area is 229 Å². The summed E-state index contributed by atoms with van der Waals surface area (Å²) >= 11 is 0. The number of nitrogens with two attached hydrogens (primary N) is 1. The third kappa shape index (κ3) is 6.51. The molecule has 0 fully saturated rings. The molecule has 3 amide bonds. The van der Waals surface area contributed by atoms with Crippen molar-refractivity contribution in [2.24, 2.45) is 5.73 Å². The molecule has 40 heavy (non-hydrogen) atoms. The molecule has 210 valence electrons. The largest absolute Gasteiger partial charge is 0.494 e. The number of aryl methyl sites for hydroxylation is 3. The molecule has 3 aromatic heterocycles. The third-order valence-electron chi connectivity index (χ3n) is 6.01. The maximum Gasteiger partial charge on any atom is 0.407 e. The number of amides is 3. The molecule has 0 bridgehead atoms. The van der Waals surface area contributed by atoms with Gasteiger partial charge in [0.2, 0.25) is 11.9 Å². The number of fused-ring (bicyclic) bond motifs is 1. The number of anilines is 1. The van der Waals surface area contributed by atoms with Crippen LogP contribution in [0.25, 0.3) is 11.0 Å². The highest BCUT2D eigenvalue weighted by Gasteiger charge is 2.21. The Kier molecular flexibility index (Phi) is 8.89. The Morgan fingerprint density at radius 1 is 1.15 bits per heavy atom. The minimum absolute atomic E-state index is 0.167. The number of nitrogens with zero attached hydrogens (tertiary/aromatic N) is 6. The third-order valence-corrected chi connectivity index (χ3v) is 6.01. The number of carbonyl (C=O) groups is 3. The molecule has 0 radical (unpaired) electrons. The van der Waals surface area contributed by atoms with E-state index in [9.17, 15) is 14.4 Å². The normalized spacial score (nSPS) is 10.9. The van der Waals surface area contributed by atoms with Crippen LogP contribution >= 0.6 is 0 Å². The Morgan fingerprint density at radius 2 is 1.98 bits per heavy atom. The number of ether oxygens (including phenoxy) is 2. The number of alkyl carbamates (subject to hydrolysis) is 1. The fraction of sp³-hybridized carbons (Fsp3) is 0.346. The average molecular weight is 550 g/mol. The zero-order valence-electron chi connectivity index (χ0n) is 22.5. The fourth-order valence-corrected chi connectivity index (χ4v) is 4.16. The second-order valence-electron chi connectivity index (χ2n) is 8.80. The second kappa shape index (κ2) is 12.7. The van der Waals surface area contributed by atoms with E-state index >= 15 is 0 Å². The number of benzene rings is 1. The number of hydrogen-bond donors (Lipinski definition) is 3. The summed E-state index contributed by atoms with van der Waals surface area (Å²) in [6, 6.07) is 4.76. The number of rotatable bonds is 12. The van der Waals surface area contributed by atoms with Gasteiger partial charge in [-0.15, -0.1) is 0 Å². The standard InChI is InChI=1S/C26H31N9O5/c1-4-35-20(12-16(2)33-35)24(37)32-25-31-19-13-17(23(27)36)14-21(39-3)22(19)34(25)10-5-7-30-26(38)40-11-6-18-15-28-8-9-29-18/h8-9,12-15H,4-7,10-11H2,1-3H3,(H2,27,36)(H,30,38)(H,31,32,37). The lowest BCUT2D eigenvalue weighted by Crippen LogP contribution is -2.27. The summed E-state index contributed by atoms with van der Waals surface area (Å²) in [6.45, 7) is 5.03. The van der Waals surface area contributed by atoms with Crippen molar-refractivity contribution >= 4 is 34.9 Å². The van der Waals surface area contributed by atoms with Crippen molar-refractivity contribution in [2.45, 2.75) is 39.8 Å². The monoisotopic (exact) mass is 549 g/mol. The maximum absolute atomic E-state index is 13.2. The molecule has 0 aliphatic carbocycles. The first-order chi connectivity index (χ1) is 19.3. The average Bonchev–Trinajstić information content (AvgIpc) is 3.50. The molecule has 0 aliphatic heterocycles. The highest BCUT2D eigenvalue weighted by molar-refractivity contribution is 6.04. The number of methoxy groups -OCH3 is 1. The summed E-state index contributed by atoms with van der Waals surface area (Å²) in [5, 5.41) is 9.90. The van der Waals surface area contributed by atoms with Crippen molar-refractivity contribution in [2.75, 3.05) is 25.6 Å². The molecular weight excluding hydrogens is 518 g/mol. The summed E-state index contributed by atoms with van der Waals surface area (Å²) in [6.07, 6.45) is 5.14. The van der Waals surface area contributed by atoms with E-state index in [0.29, 0.717) is 60.6 Å². The molecule has 4 aromatic rings. The van der Waals surface area contributed by atoms with Crippen LogP contribution in [0.15, 0.2) is 36.8 Å². The van der Waals surface area contributed by atoms with Crippen LogP contribution in [0, 0.1) is 6.92 Å². The topological polar surface area (TPSA) is 181 Å². The van der Waals surface area contributed by atoms with Gasteiger partial charge in [0.15, 0.2) is 0 Å². The molecule has 0 unspecified atom stereocenters. The van der Waals surface area contributed by atoms with Crippen LogP contribution in [0.1, 0.15) is 45.6 Å². The van der Waals surface area contributed by atoms with Crippen molar-refractivity contribution in [1.29, 1.82) is 0 Å². The molecule has 0 spiro atoms. The summed E-state index contributed by atoms with van der Waals surface area (Å²) in [5.41, 5.74) is 8.51. The van der Waals surface area contributed by atoms with E-state index in [4.69, 9.17) is 15.2 Å². The van der Waals surface area contributed by atoms with E-state index < -0.39 is 17.9 Å². The number of hydrogen-bond acceptors (Lipinski definition) is 9. The van der Waals surface area contributed by atoms with Crippen molar-refractivity contribution in [3.05, 3.63) is 59.4 Å². The van der Waals surface area contributed by atoms with E-state index in [2.05, 4.69) is 30.7 Å². The summed E-state index contributed by atoms with van der Waals surface area (Å²) < 4.78 is 14.1. The molecule has 3 heterocycles. The van der Waals surface area contributed by atoms with Gasteiger partial charge in [-0.2, -0.15) is 5.10 Å². The SMILES string of the molecule is CCn1nc(C)cc1C(=O)Nc1nc2cc(C(N)=O)cc(OC)c2n1CCCNC(=O)OCCc1cnccn1. The first-order valence-corrected chi connectivity index (χ1v) is 12.7. The van der Waals surface area contributed by atoms with Crippen LogP contribution in [-0.4, -0.2) is 67.5 Å². The zero-order chi connectivity index (χ0) is 28.6. The predicted octanol–water partition coefficient (Wildman–Crippen LogP) is 2.07. The van der Waals surface area contributed by atoms with Gasteiger partial charge >= 0.3 is 6.09 Å². The molecule has 0 aliphatic rings. The van der Waals surface area contributed by atoms with Crippen molar-refractivity contribution in [3.63, 3.8) is 0 Å². The number of carbonyl (C=O) groups excluding carboxylic acids is 3. The van der Waals surface area contributed by atoms with Gasteiger partial charge in [0.05, 0.1) is 30.6 Å². The van der Waals surface area contributed by atoms with Gasteiger partial charge < -0.3 is 25.1 Å². The zero-order valence-corrected chi connectivity index (χ0v) is 22.5. The van der Waals surface area contributed by atoms with Crippen LogP contribution in [0.4, 0.5) is 10.7 Å². The molecule has 0 saturated heterocycles. The lowest BCUT2D eigenvalue weighted by Gasteiger charge is -2.13. The molecule has 4 N–H and O–H groups in total. The predicted molar refractivity (Wildman–Crippen MR) is 145 cm³/mol. The van der Waals surface area contributed by atoms with Gasteiger partial charge in [0.1, 0.15) is 17.0 Å². The minimum atomic E-state index is -0.635. The smallest absolute Gasteiger partial charge is 0.407 e. The number of aromatic nitrogens is 6. The van der Waals surface area contributed by atoms with E-state index in [1.165, 1.54) is 13.2 Å². The molecule has 4 rings (SSSR count). The van der Waals surface area contributed by atoms with Crippen molar-refractivity contribution in [1.82, 2.24) is 34.6 Å². The summed E-state index contributed by atoms with van der Waals surface area (Å²) in [5.74, 6) is -0.416. The lowest BCUT2D eigenvalue weighted by atomic mass is 10.1. The van der Waals surface area contributed by atoms with Gasteiger partial charge in [-0.05, 0) is 38.5 Å². The first-order valence-electron chi connectivity index (χ1n) is 12.7. The Morgan fingerprint density at radius 3 is 2.67 bits per heavy atom. The number of primary amides is 1. The highest BCUT2D eigenvalue weighted by atomic mass is 16.5. The summed E-state index contributed by atoms with van der Waals surface area (Å²) in [4.78, 5) is 49.8. The van der Waals surface area contributed by atoms with Crippen molar-refractivity contribution in [3.8, 4) is 5.75 Å². The number of imidazole rings is 1. The van der Waals surface area contributed by atoms with Gasteiger partial charge in [-0.25, -0.2) is 9.78 Å². The van der Waals surface area contributed by atoms with Gasteiger partial charge in [-0.1, -0.05) is 0 Å². The highest BCUT2D eigenvalue weighted by Crippen LogP contribution is 2.31. The van der Waals surface area contributed by atoms with Crippen molar-refractivity contribution < 1.29 is 23.9 Å². The van der Waals surface area contributed by atoms with E-state index in [1.54, 1.807) is 40.0 Å². The molecule has 0 atom stereocenters. The first kappa shape index (κ1) is 28.0. The molecule has 14 nitrogen and oxygen atoms in total. The van der Waals surface area contributed by atoms with Gasteiger partial charge in [-0.3, -0.25) is 29.6 Å². The van der Waals surface area contributed by atoms with Crippen LogP contribution in [0.3, 0.4) is 0 Å². The van der Waals surface area contributed by atoms with Crippen LogP contribution < -0.4 is 21.1 Å². The van der Waals surface area contributed by atoms with Gasteiger partial charge in [0.25, 0.3) is 5.91 Å². The fourth-order valence-electron chi connectivity index (χ4n) is 4.16. The maximum atomic E-state index is 13.2. The molecule has 1 aromatic carbocycles. The number of nitrogens with one attached hydrogen (secondary N) is 2. The van der Waals surface area contributed by atoms with E-state index in [1.807, 2.05) is 13.8 Å².